The van der Waals surface area contributed by atoms with Gasteiger partial charge in [-0.25, -0.2) is 4.79 Å². The molecule has 0 saturated heterocycles. The van der Waals surface area contributed by atoms with Gasteiger partial charge in [0.2, 0.25) is 0 Å². The van der Waals surface area contributed by atoms with E-state index in [1.54, 1.807) is 36.4 Å². The molecule has 0 unspecified atom stereocenters. The van der Waals surface area contributed by atoms with Crippen molar-refractivity contribution in [3.8, 4) is 17.5 Å². The van der Waals surface area contributed by atoms with Gasteiger partial charge in [0.1, 0.15) is 34.1 Å². The van der Waals surface area contributed by atoms with Crippen LogP contribution < -0.4 is 4.90 Å². The van der Waals surface area contributed by atoms with Crippen LogP contribution in [0.25, 0.3) is 22.3 Å². The number of phenols is 1. The van der Waals surface area contributed by atoms with Crippen molar-refractivity contribution in [3.05, 3.63) is 119 Å². The average molecular weight is 516 g/mol. The molecule has 4 aromatic carbocycles. The third-order valence-corrected chi connectivity index (χ3v) is 6.46. The summed E-state index contributed by atoms with van der Waals surface area (Å²) in [6, 6.07) is 29.5. The van der Waals surface area contributed by atoms with Crippen molar-refractivity contribution in [1.29, 1.82) is 5.26 Å². The number of aromatic nitrogens is 3. The summed E-state index contributed by atoms with van der Waals surface area (Å²) in [6.07, 6.45) is 0. The first-order chi connectivity index (χ1) is 18.9. The minimum absolute atomic E-state index is 0.0961. The Labute approximate surface area is 225 Å². The smallest absolute Gasteiger partial charge is 0.347 e. The molecule has 8 heteroatoms. The van der Waals surface area contributed by atoms with Crippen molar-refractivity contribution in [2.24, 2.45) is 0 Å². The summed E-state index contributed by atoms with van der Waals surface area (Å²) in [7, 11) is 1.91. The fourth-order valence-corrected chi connectivity index (χ4v) is 4.57. The van der Waals surface area contributed by atoms with Gasteiger partial charge in [-0.05, 0) is 53.9 Å². The van der Waals surface area contributed by atoms with E-state index in [1.165, 1.54) is 4.80 Å². The van der Waals surface area contributed by atoms with E-state index in [0.717, 1.165) is 22.3 Å². The second-order valence-electron chi connectivity index (χ2n) is 9.21. The molecule has 5 aromatic rings. The second kappa shape index (κ2) is 10.5. The van der Waals surface area contributed by atoms with E-state index in [2.05, 4.69) is 10.2 Å². The van der Waals surface area contributed by atoms with E-state index in [-0.39, 0.29) is 11.3 Å². The monoisotopic (exact) mass is 515 g/mol. The number of rotatable bonds is 7. The maximum absolute atomic E-state index is 11.8. The Bertz CT molecular complexity index is 1720. The lowest BCUT2D eigenvalue weighted by molar-refractivity contribution is -0.132. The van der Waals surface area contributed by atoms with E-state index in [1.807, 2.05) is 79.5 Å². The number of carboxylic acids is 1. The van der Waals surface area contributed by atoms with Crippen molar-refractivity contribution in [2.75, 3.05) is 11.9 Å². The fourth-order valence-electron chi connectivity index (χ4n) is 4.57. The van der Waals surface area contributed by atoms with Crippen LogP contribution in [0.2, 0.25) is 0 Å². The van der Waals surface area contributed by atoms with Crippen molar-refractivity contribution < 1.29 is 15.0 Å². The topological polar surface area (TPSA) is 115 Å². The summed E-state index contributed by atoms with van der Waals surface area (Å²) < 4.78 is 0. The molecule has 2 N–H and O–H groups in total. The lowest BCUT2D eigenvalue weighted by Crippen LogP contribution is -2.17. The van der Waals surface area contributed by atoms with Gasteiger partial charge in [0, 0.05) is 30.4 Å². The number of benzene rings is 4. The van der Waals surface area contributed by atoms with Gasteiger partial charge in [0.05, 0.1) is 0 Å². The minimum Gasteiger partial charge on any atom is -0.505 e. The Morgan fingerprint density at radius 2 is 1.51 bits per heavy atom. The number of anilines is 1. The summed E-state index contributed by atoms with van der Waals surface area (Å²) in [5, 5.41) is 39.4. The number of hydrogen-bond acceptors (Lipinski definition) is 6. The van der Waals surface area contributed by atoms with E-state index in [4.69, 9.17) is 0 Å². The highest BCUT2D eigenvalue weighted by Gasteiger charge is 2.19. The third kappa shape index (κ3) is 5.06. The fraction of sp³-hybridized carbons (Fsp3) is 0.0968. The number of hydrogen-bond donors (Lipinski definition) is 2. The lowest BCUT2D eigenvalue weighted by atomic mass is 9.93. The van der Waals surface area contributed by atoms with Gasteiger partial charge in [0.15, 0.2) is 0 Å². The molecule has 0 aliphatic carbocycles. The van der Waals surface area contributed by atoms with Crippen LogP contribution in [0.15, 0.2) is 96.6 Å². The Morgan fingerprint density at radius 3 is 2.10 bits per heavy atom. The summed E-state index contributed by atoms with van der Waals surface area (Å²) in [4.78, 5) is 15.2. The second-order valence-corrected chi connectivity index (χ2v) is 9.21. The van der Waals surface area contributed by atoms with Crippen molar-refractivity contribution in [3.63, 3.8) is 0 Å². The third-order valence-electron chi connectivity index (χ3n) is 6.46. The Kier molecular flexibility index (Phi) is 6.81. The predicted octanol–water partition coefficient (Wildman–Crippen LogP) is 5.48. The molecule has 0 radical (unpaired) electrons. The number of nitrogens with zero attached hydrogens (tertiary/aromatic N) is 5. The lowest BCUT2D eigenvalue weighted by Gasteiger charge is -2.22. The summed E-state index contributed by atoms with van der Waals surface area (Å²) in [6.45, 7) is 2.36. The van der Waals surface area contributed by atoms with Gasteiger partial charge in [0.25, 0.3) is 0 Å². The zero-order valence-corrected chi connectivity index (χ0v) is 21.4. The Morgan fingerprint density at radius 1 is 0.923 bits per heavy atom. The Balaban J connectivity index is 1.45. The zero-order valence-electron chi connectivity index (χ0n) is 21.4. The van der Waals surface area contributed by atoms with E-state index in [9.17, 15) is 20.3 Å². The first-order valence-corrected chi connectivity index (χ1v) is 12.3. The molecule has 0 spiro atoms. The number of carboxylic acid groups (broad SMARTS) is 1. The molecule has 39 heavy (non-hydrogen) atoms. The molecule has 5 rings (SSSR count). The van der Waals surface area contributed by atoms with Crippen LogP contribution in [-0.4, -0.2) is 38.2 Å². The highest BCUT2D eigenvalue weighted by molar-refractivity contribution is 6.04. The molecular weight excluding hydrogens is 490 g/mol. The summed E-state index contributed by atoms with van der Waals surface area (Å²) in [5.74, 6) is -1.18. The molecule has 1 aromatic heterocycles. The maximum atomic E-state index is 11.8. The van der Waals surface area contributed by atoms with E-state index < -0.39 is 5.97 Å². The molecular formula is C31H25N5O3. The largest absolute Gasteiger partial charge is 0.505 e. The first-order valence-electron chi connectivity index (χ1n) is 12.3. The molecule has 0 aliphatic heterocycles. The van der Waals surface area contributed by atoms with E-state index >= 15 is 0 Å². The van der Waals surface area contributed by atoms with Gasteiger partial charge in [-0.3, -0.25) is 0 Å². The van der Waals surface area contributed by atoms with Crippen LogP contribution in [0.3, 0.4) is 0 Å². The number of fused-ring (bicyclic) bond motifs is 1. The molecule has 0 saturated carbocycles. The molecule has 0 bridgehead atoms. The van der Waals surface area contributed by atoms with Crippen LogP contribution in [0.4, 0.5) is 5.69 Å². The first kappa shape index (κ1) is 25.2. The quantitative estimate of drug-likeness (QED) is 0.218. The number of aryl methyl sites for hydroxylation is 1. The van der Waals surface area contributed by atoms with Gasteiger partial charge < -0.3 is 15.1 Å². The van der Waals surface area contributed by atoms with Gasteiger partial charge >= 0.3 is 5.97 Å². The standard InChI is InChI=1S/C31H25N5O3/c1-20-16-23(30(37)28(17-20)36-33-26-10-6-7-11-27(26)34-36)19-35(2)24-14-12-22(13-15-24)29(25(18-32)31(38)39)21-8-4-3-5-9-21/h3-17,37H,19H2,1-2H3,(H,38,39). The highest BCUT2D eigenvalue weighted by Crippen LogP contribution is 2.32. The van der Waals surface area contributed by atoms with Crippen LogP contribution >= 0.6 is 0 Å². The van der Waals surface area contributed by atoms with Crippen LogP contribution in [0.5, 0.6) is 5.75 Å². The van der Waals surface area contributed by atoms with Crippen LogP contribution in [0, 0.1) is 18.3 Å². The molecule has 0 amide bonds. The van der Waals surface area contributed by atoms with Crippen LogP contribution in [-0.2, 0) is 11.3 Å². The molecule has 0 fully saturated rings. The number of aliphatic carboxylic acids is 1. The molecule has 0 aliphatic rings. The zero-order chi connectivity index (χ0) is 27.5. The summed E-state index contributed by atoms with van der Waals surface area (Å²) >= 11 is 0. The summed E-state index contributed by atoms with van der Waals surface area (Å²) in [5.41, 5.74) is 5.81. The van der Waals surface area contributed by atoms with Gasteiger partial charge in [-0.15, -0.1) is 15.0 Å². The predicted molar refractivity (Wildman–Crippen MR) is 150 cm³/mol. The minimum atomic E-state index is -1.28. The SMILES string of the molecule is Cc1cc(CN(C)c2ccc(C(=C(C#N)C(=O)O)c3ccccc3)cc2)c(O)c(-n2nc3ccccc3n2)c1. The molecule has 8 nitrogen and oxygen atoms in total. The molecule has 0 atom stereocenters. The van der Waals surface area contributed by atoms with Crippen molar-refractivity contribution in [1.82, 2.24) is 15.0 Å². The molecule has 1 heterocycles. The maximum Gasteiger partial charge on any atom is 0.347 e. The number of aromatic hydroxyl groups is 1. The van der Waals surface area contributed by atoms with Gasteiger partial charge in [-0.1, -0.05) is 60.7 Å². The number of phenolic OH excluding ortho intramolecular Hbond substituents is 1. The number of carbonyl (C=O) groups is 1. The Hall–Kier alpha value is -5.42. The van der Waals surface area contributed by atoms with Crippen LogP contribution in [0.1, 0.15) is 22.3 Å². The highest BCUT2D eigenvalue weighted by atomic mass is 16.4. The van der Waals surface area contributed by atoms with E-state index in [0.29, 0.717) is 34.5 Å². The van der Waals surface area contributed by atoms with Crippen molar-refractivity contribution in [2.45, 2.75) is 13.5 Å². The normalized spacial score (nSPS) is 11.6. The average Bonchev–Trinajstić information content (AvgIpc) is 3.38. The van der Waals surface area contributed by atoms with Gasteiger partial charge in [-0.2, -0.15) is 5.26 Å². The van der Waals surface area contributed by atoms with Crippen molar-refractivity contribution >= 4 is 28.3 Å². The number of nitriles is 1. The molecule has 192 valence electrons.